The summed E-state index contributed by atoms with van der Waals surface area (Å²) in [5, 5.41) is 9.58. The van der Waals surface area contributed by atoms with E-state index < -0.39 is 6.04 Å². The van der Waals surface area contributed by atoms with Crippen LogP contribution in [0.2, 0.25) is 5.02 Å². The summed E-state index contributed by atoms with van der Waals surface area (Å²) in [4.78, 5) is 20.6. The molecule has 7 heteroatoms. The number of rotatable bonds is 8. The van der Waals surface area contributed by atoms with Gasteiger partial charge in [-0.2, -0.15) is 0 Å². The molecule has 0 saturated carbocycles. The van der Waals surface area contributed by atoms with Gasteiger partial charge >= 0.3 is 0 Å². The number of carbonyl (C=O) groups excluding carboxylic acids is 1. The van der Waals surface area contributed by atoms with Crippen LogP contribution in [0.5, 0.6) is 0 Å². The van der Waals surface area contributed by atoms with Crippen molar-refractivity contribution in [3.05, 3.63) is 100 Å². The smallest absolute Gasteiger partial charge is 0.162 e. The number of ketones is 1. The zero-order valence-corrected chi connectivity index (χ0v) is 23.9. The Bertz CT molecular complexity index is 1550. The summed E-state index contributed by atoms with van der Waals surface area (Å²) in [6.45, 7) is 7.36. The number of likely N-dealkylation sites (tertiary alicyclic amines) is 1. The van der Waals surface area contributed by atoms with Crippen molar-refractivity contribution < 1.29 is 4.79 Å². The fourth-order valence-electron chi connectivity index (χ4n) is 5.85. The third-order valence-corrected chi connectivity index (χ3v) is 8.14. The van der Waals surface area contributed by atoms with Gasteiger partial charge < -0.3 is 0 Å². The Hall–Kier alpha value is -3.61. The maximum atomic E-state index is 12.8. The Morgan fingerprint density at radius 1 is 0.925 bits per heavy atom. The molecule has 0 aliphatic carbocycles. The van der Waals surface area contributed by atoms with E-state index in [4.69, 9.17) is 16.6 Å². The number of halogens is 1. The van der Waals surface area contributed by atoms with Gasteiger partial charge in [0.05, 0.1) is 11.4 Å². The SMILES string of the molecule is CCCC(=O)C[C@@H]1N=C(c2ccc(Cl)cc2)c2cc(-c3ccc(CN4CCCC4)cc3)ccc2-n2c(C)nnc21. The molecule has 0 bridgehead atoms. The fourth-order valence-corrected chi connectivity index (χ4v) is 5.97. The Labute approximate surface area is 240 Å². The van der Waals surface area contributed by atoms with E-state index in [1.165, 1.54) is 31.5 Å². The first-order valence-electron chi connectivity index (χ1n) is 14.2. The summed E-state index contributed by atoms with van der Waals surface area (Å²) in [5.41, 5.74) is 7.34. The number of aliphatic imine (C=N–C) groups is 1. The van der Waals surface area contributed by atoms with Crippen molar-refractivity contribution in [3.8, 4) is 16.8 Å². The third-order valence-electron chi connectivity index (χ3n) is 7.89. The highest BCUT2D eigenvalue weighted by atomic mass is 35.5. The number of carbonyl (C=O) groups is 1. The Kier molecular flexibility index (Phi) is 7.63. The highest BCUT2D eigenvalue weighted by Gasteiger charge is 2.29. The third kappa shape index (κ3) is 5.38. The molecule has 204 valence electrons. The lowest BCUT2D eigenvalue weighted by atomic mass is 9.95. The van der Waals surface area contributed by atoms with E-state index in [2.05, 4.69) is 62.1 Å². The average Bonchev–Trinajstić information content (AvgIpc) is 3.58. The first-order valence-corrected chi connectivity index (χ1v) is 14.6. The molecule has 2 aliphatic rings. The average molecular weight is 552 g/mol. The molecular formula is C33H34ClN5O. The van der Waals surface area contributed by atoms with Gasteiger partial charge in [-0.15, -0.1) is 10.2 Å². The molecule has 2 aliphatic heterocycles. The number of benzene rings is 3. The normalized spacial score (nSPS) is 16.8. The van der Waals surface area contributed by atoms with Crippen LogP contribution in [-0.4, -0.2) is 44.2 Å². The van der Waals surface area contributed by atoms with Crippen LogP contribution in [0.25, 0.3) is 16.8 Å². The zero-order chi connectivity index (χ0) is 27.6. The number of hydrogen-bond acceptors (Lipinski definition) is 5. The molecule has 1 atom stereocenters. The van der Waals surface area contributed by atoms with Gasteiger partial charge in [0, 0.05) is 35.5 Å². The topological polar surface area (TPSA) is 63.4 Å². The van der Waals surface area contributed by atoms with Crippen LogP contribution in [0.3, 0.4) is 0 Å². The van der Waals surface area contributed by atoms with Gasteiger partial charge in [-0.25, -0.2) is 0 Å². The quantitative estimate of drug-likeness (QED) is 0.233. The highest BCUT2D eigenvalue weighted by molar-refractivity contribution is 6.30. The summed E-state index contributed by atoms with van der Waals surface area (Å²) >= 11 is 6.25. The van der Waals surface area contributed by atoms with E-state index in [1.807, 2.05) is 38.1 Å². The lowest BCUT2D eigenvalue weighted by molar-refractivity contribution is -0.119. The molecule has 0 unspecified atom stereocenters. The number of aromatic nitrogens is 3. The van der Waals surface area contributed by atoms with Crippen molar-refractivity contribution in [1.29, 1.82) is 0 Å². The monoisotopic (exact) mass is 551 g/mol. The molecule has 0 amide bonds. The van der Waals surface area contributed by atoms with Gasteiger partial charge in [0.25, 0.3) is 0 Å². The summed E-state index contributed by atoms with van der Waals surface area (Å²) in [6.07, 6.45) is 4.23. The molecule has 3 aromatic carbocycles. The molecule has 1 saturated heterocycles. The van der Waals surface area contributed by atoms with Gasteiger partial charge in [-0.05, 0) is 80.2 Å². The van der Waals surface area contributed by atoms with E-state index in [-0.39, 0.29) is 5.78 Å². The van der Waals surface area contributed by atoms with E-state index in [9.17, 15) is 4.79 Å². The molecular weight excluding hydrogens is 518 g/mol. The lowest BCUT2D eigenvalue weighted by Crippen LogP contribution is -2.18. The number of hydrogen-bond donors (Lipinski definition) is 0. The molecule has 0 N–H and O–H groups in total. The van der Waals surface area contributed by atoms with E-state index in [1.54, 1.807) is 0 Å². The van der Waals surface area contributed by atoms with Gasteiger partial charge in [0.1, 0.15) is 17.6 Å². The van der Waals surface area contributed by atoms with E-state index in [0.717, 1.165) is 52.4 Å². The molecule has 4 aromatic rings. The first-order chi connectivity index (χ1) is 19.5. The highest BCUT2D eigenvalue weighted by Crippen LogP contribution is 2.35. The molecule has 3 heterocycles. The number of aryl methyl sites for hydroxylation is 1. The van der Waals surface area contributed by atoms with Crippen molar-refractivity contribution in [2.24, 2.45) is 4.99 Å². The molecule has 1 aromatic heterocycles. The Morgan fingerprint density at radius 3 is 2.35 bits per heavy atom. The standard InChI is InChI=1S/C33H34ClN5O/c1-3-6-28(40)20-30-33-37-36-22(2)39(33)31-16-13-26(19-29(31)32(35-30)25-11-14-27(34)15-12-25)24-9-7-23(8-10-24)21-38-17-4-5-18-38/h7-16,19,30H,3-6,17-18,20-21H2,1-2H3/t30-/m0/s1. The molecule has 40 heavy (non-hydrogen) atoms. The van der Waals surface area contributed by atoms with Crippen LogP contribution in [0.4, 0.5) is 0 Å². The molecule has 6 nitrogen and oxygen atoms in total. The molecule has 0 radical (unpaired) electrons. The number of nitrogens with zero attached hydrogens (tertiary/aromatic N) is 5. The minimum Gasteiger partial charge on any atom is -0.300 e. The molecule has 1 fully saturated rings. The predicted octanol–water partition coefficient (Wildman–Crippen LogP) is 7.14. The maximum Gasteiger partial charge on any atom is 0.162 e. The van der Waals surface area contributed by atoms with Crippen LogP contribution in [0, 0.1) is 6.92 Å². The van der Waals surface area contributed by atoms with Gasteiger partial charge in [-0.1, -0.05) is 61.0 Å². The van der Waals surface area contributed by atoms with Crippen LogP contribution in [0.1, 0.15) is 73.4 Å². The van der Waals surface area contributed by atoms with Crippen molar-refractivity contribution >= 4 is 23.1 Å². The second-order valence-corrected chi connectivity index (χ2v) is 11.3. The molecule has 6 rings (SSSR count). The largest absolute Gasteiger partial charge is 0.300 e. The maximum absolute atomic E-state index is 12.8. The second kappa shape index (κ2) is 11.5. The summed E-state index contributed by atoms with van der Waals surface area (Å²) in [6, 6.07) is 22.7. The fraction of sp³-hybridized carbons (Fsp3) is 0.333. The first kappa shape index (κ1) is 26.6. The van der Waals surface area contributed by atoms with Gasteiger partial charge in [0.2, 0.25) is 0 Å². The van der Waals surface area contributed by atoms with E-state index >= 15 is 0 Å². The lowest BCUT2D eigenvalue weighted by Gasteiger charge is -2.16. The summed E-state index contributed by atoms with van der Waals surface area (Å²) < 4.78 is 2.06. The zero-order valence-electron chi connectivity index (χ0n) is 23.1. The van der Waals surface area contributed by atoms with Crippen LogP contribution < -0.4 is 0 Å². The number of Topliss-reactive ketones (excluding diaryl/α,β-unsaturated/α-hetero) is 1. The van der Waals surface area contributed by atoms with Crippen molar-refractivity contribution in [2.45, 2.75) is 58.5 Å². The Morgan fingerprint density at radius 2 is 1.62 bits per heavy atom. The second-order valence-electron chi connectivity index (χ2n) is 10.8. The van der Waals surface area contributed by atoms with Crippen molar-refractivity contribution in [1.82, 2.24) is 19.7 Å². The van der Waals surface area contributed by atoms with Gasteiger partial charge in [-0.3, -0.25) is 19.3 Å². The van der Waals surface area contributed by atoms with Crippen LogP contribution >= 0.6 is 11.6 Å². The Balaban J connectivity index is 1.45. The number of fused-ring (bicyclic) bond motifs is 3. The summed E-state index contributed by atoms with van der Waals surface area (Å²) in [5.74, 6) is 1.65. The van der Waals surface area contributed by atoms with Crippen LogP contribution in [-0.2, 0) is 11.3 Å². The van der Waals surface area contributed by atoms with Crippen molar-refractivity contribution in [2.75, 3.05) is 13.1 Å². The predicted molar refractivity (Wildman–Crippen MR) is 160 cm³/mol. The minimum absolute atomic E-state index is 0.180. The summed E-state index contributed by atoms with van der Waals surface area (Å²) in [7, 11) is 0. The van der Waals surface area contributed by atoms with Crippen molar-refractivity contribution in [3.63, 3.8) is 0 Å². The minimum atomic E-state index is -0.424. The van der Waals surface area contributed by atoms with Crippen LogP contribution in [0.15, 0.2) is 71.7 Å². The van der Waals surface area contributed by atoms with Gasteiger partial charge in [0.15, 0.2) is 5.82 Å². The van der Waals surface area contributed by atoms with E-state index in [0.29, 0.717) is 23.7 Å². The molecule has 0 spiro atoms.